The Morgan fingerprint density at radius 2 is 1.92 bits per heavy atom. The van der Waals surface area contributed by atoms with Crippen molar-refractivity contribution in [3.63, 3.8) is 0 Å². The molecule has 0 aliphatic rings. The maximum absolute atomic E-state index is 10.5. The highest BCUT2D eigenvalue weighted by atomic mass is 16.5. The van der Waals surface area contributed by atoms with Crippen LogP contribution in [0.25, 0.3) is 0 Å². The maximum Gasteiger partial charge on any atom is 0.372 e. The zero-order valence-electron chi connectivity index (χ0n) is 7.21. The van der Waals surface area contributed by atoms with Crippen LogP contribution < -0.4 is 0 Å². The molecule has 4 nitrogen and oxygen atoms in total. The monoisotopic (exact) mass is 174 g/mol. The molecule has 0 aromatic heterocycles. The van der Waals surface area contributed by atoms with Crippen LogP contribution in [0.2, 0.25) is 0 Å². The summed E-state index contributed by atoms with van der Waals surface area (Å²) >= 11 is 0. The topological polar surface area (TPSA) is 63.6 Å². The fourth-order valence-electron chi connectivity index (χ4n) is 0.816. The molecule has 0 saturated carbocycles. The summed E-state index contributed by atoms with van der Waals surface area (Å²) in [4.78, 5) is 20.6. The quantitative estimate of drug-likeness (QED) is 0.459. The van der Waals surface area contributed by atoms with E-state index in [0.717, 1.165) is 12.8 Å². The Morgan fingerprint density at radius 3 is 2.42 bits per heavy atom. The molecule has 0 heterocycles. The van der Waals surface area contributed by atoms with Gasteiger partial charge in [0.1, 0.15) is 0 Å². The van der Waals surface area contributed by atoms with Crippen LogP contribution >= 0.6 is 0 Å². The van der Waals surface area contributed by atoms with Gasteiger partial charge in [0.25, 0.3) is 0 Å². The predicted molar refractivity (Wildman–Crippen MR) is 43.0 cm³/mol. The first kappa shape index (κ1) is 11.1. The van der Waals surface area contributed by atoms with Gasteiger partial charge in [-0.3, -0.25) is 4.79 Å². The van der Waals surface area contributed by atoms with Gasteiger partial charge in [-0.2, -0.15) is 0 Å². The number of ether oxygens (including phenoxy) is 1. The highest BCUT2D eigenvalue weighted by molar-refractivity contribution is 6.32. The van der Waals surface area contributed by atoms with Crippen LogP contribution in [0.1, 0.15) is 25.7 Å². The number of rotatable bonds is 7. The van der Waals surface area contributed by atoms with Crippen molar-refractivity contribution >= 4 is 11.8 Å². The highest BCUT2D eigenvalue weighted by Crippen LogP contribution is 2.00. The molecule has 0 amide bonds. The molecule has 4 heteroatoms. The number of unbranched alkanes of at least 4 members (excludes halogenated alkanes) is 2. The Labute approximate surface area is 71.5 Å². The van der Waals surface area contributed by atoms with E-state index in [1.54, 1.807) is 7.11 Å². The molecular formula is C8H14O4. The molecule has 0 radical (unpaired) electrons. The van der Waals surface area contributed by atoms with Gasteiger partial charge in [0.05, 0.1) is 0 Å². The zero-order valence-corrected chi connectivity index (χ0v) is 7.21. The Kier molecular flexibility index (Phi) is 6.28. The Hall–Kier alpha value is -0.900. The fourth-order valence-corrected chi connectivity index (χ4v) is 0.816. The maximum atomic E-state index is 10.5. The van der Waals surface area contributed by atoms with E-state index in [4.69, 9.17) is 9.84 Å². The van der Waals surface area contributed by atoms with Crippen molar-refractivity contribution < 1.29 is 19.4 Å². The number of methoxy groups -OCH3 is 1. The SMILES string of the molecule is COCCCCCC(=O)C(=O)O. The molecule has 0 aromatic carbocycles. The van der Waals surface area contributed by atoms with Gasteiger partial charge in [-0.15, -0.1) is 0 Å². The van der Waals surface area contributed by atoms with E-state index in [-0.39, 0.29) is 6.42 Å². The van der Waals surface area contributed by atoms with Gasteiger partial charge >= 0.3 is 5.97 Å². The number of carboxylic acid groups (broad SMARTS) is 1. The van der Waals surface area contributed by atoms with Crippen molar-refractivity contribution in [2.24, 2.45) is 0 Å². The van der Waals surface area contributed by atoms with Crippen molar-refractivity contribution in [3.8, 4) is 0 Å². The summed E-state index contributed by atoms with van der Waals surface area (Å²) < 4.78 is 4.80. The van der Waals surface area contributed by atoms with E-state index < -0.39 is 11.8 Å². The van der Waals surface area contributed by atoms with Crippen LogP contribution in [-0.2, 0) is 14.3 Å². The van der Waals surface area contributed by atoms with Gasteiger partial charge in [-0.25, -0.2) is 4.79 Å². The van der Waals surface area contributed by atoms with Crippen LogP contribution in [-0.4, -0.2) is 30.6 Å². The second-order valence-corrected chi connectivity index (χ2v) is 2.53. The molecule has 0 atom stereocenters. The van der Waals surface area contributed by atoms with E-state index in [9.17, 15) is 9.59 Å². The first-order valence-electron chi connectivity index (χ1n) is 3.93. The Morgan fingerprint density at radius 1 is 1.25 bits per heavy atom. The number of Topliss-reactive ketones (excluding diaryl/α,β-unsaturated/α-hetero) is 1. The van der Waals surface area contributed by atoms with Crippen LogP contribution in [0.4, 0.5) is 0 Å². The van der Waals surface area contributed by atoms with Gasteiger partial charge in [0, 0.05) is 20.1 Å². The predicted octanol–water partition coefficient (Wildman–Crippen LogP) is 0.847. The molecule has 0 bridgehead atoms. The molecule has 0 aliphatic carbocycles. The van der Waals surface area contributed by atoms with Crippen molar-refractivity contribution in [1.29, 1.82) is 0 Å². The molecule has 0 spiro atoms. The van der Waals surface area contributed by atoms with Crippen molar-refractivity contribution in [3.05, 3.63) is 0 Å². The largest absolute Gasteiger partial charge is 0.476 e. The third kappa shape index (κ3) is 5.85. The smallest absolute Gasteiger partial charge is 0.372 e. The average Bonchev–Trinajstić information content (AvgIpc) is 2.03. The second-order valence-electron chi connectivity index (χ2n) is 2.53. The number of hydrogen-bond acceptors (Lipinski definition) is 3. The van der Waals surface area contributed by atoms with Crippen molar-refractivity contribution in [2.45, 2.75) is 25.7 Å². The third-order valence-corrected chi connectivity index (χ3v) is 1.49. The third-order valence-electron chi connectivity index (χ3n) is 1.49. The normalized spacial score (nSPS) is 9.75. The molecule has 12 heavy (non-hydrogen) atoms. The first-order chi connectivity index (χ1) is 5.68. The Bertz CT molecular complexity index is 153. The van der Waals surface area contributed by atoms with E-state index >= 15 is 0 Å². The van der Waals surface area contributed by atoms with Gasteiger partial charge < -0.3 is 9.84 Å². The minimum absolute atomic E-state index is 0.138. The van der Waals surface area contributed by atoms with E-state index in [0.29, 0.717) is 13.0 Å². The summed E-state index contributed by atoms with van der Waals surface area (Å²) in [6, 6.07) is 0. The number of carbonyl (C=O) groups is 2. The van der Waals surface area contributed by atoms with E-state index in [2.05, 4.69) is 0 Å². The molecule has 1 N–H and O–H groups in total. The molecule has 0 saturated heterocycles. The summed E-state index contributed by atoms with van der Waals surface area (Å²) in [6.07, 6.45) is 2.49. The van der Waals surface area contributed by atoms with Crippen molar-refractivity contribution in [2.75, 3.05) is 13.7 Å². The number of carbonyl (C=O) groups excluding carboxylic acids is 1. The van der Waals surface area contributed by atoms with Crippen LogP contribution in [0.3, 0.4) is 0 Å². The highest BCUT2D eigenvalue weighted by Gasteiger charge is 2.09. The van der Waals surface area contributed by atoms with Crippen LogP contribution in [0.5, 0.6) is 0 Å². The van der Waals surface area contributed by atoms with Crippen LogP contribution in [0, 0.1) is 0 Å². The molecule has 0 fully saturated rings. The summed E-state index contributed by atoms with van der Waals surface area (Å²) in [5.41, 5.74) is 0. The van der Waals surface area contributed by atoms with Gasteiger partial charge in [0.15, 0.2) is 0 Å². The molecular weight excluding hydrogens is 160 g/mol. The number of hydrogen-bond donors (Lipinski definition) is 1. The second kappa shape index (κ2) is 6.79. The van der Waals surface area contributed by atoms with Gasteiger partial charge in [-0.05, 0) is 12.8 Å². The van der Waals surface area contributed by atoms with Crippen molar-refractivity contribution in [1.82, 2.24) is 0 Å². The minimum atomic E-state index is -1.33. The first-order valence-corrected chi connectivity index (χ1v) is 3.93. The molecule has 0 aromatic rings. The lowest BCUT2D eigenvalue weighted by atomic mass is 10.1. The van der Waals surface area contributed by atoms with E-state index in [1.807, 2.05) is 0 Å². The molecule has 0 unspecified atom stereocenters. The lowest BCUT2D eigenvalue weighted by Crippen LogP contribution is -2.11. The standard InChI is InChI=1S/C8H14O4/c1-12-6-4-2-3-5-7(9)8(10)11/h2-6H2,1H3,(H,10,11). The van der Waals surface area contributed by atoms with Gasteiger partial charge in [-0.1, -0.05) is 6.42 Å². The molecule has 0 rings (SSSR count). The zero-order chi connectivity index (χ0) is 9.40. The Balaban J connectivity index is 3.20. The summed E-state index contributed by atoms with van der Waals surface area (Å²) in [7, 11) is 1.61. The number of carboxylic acids is 1. The van der Waals surface area contributed by atoms with E-state index in [1.165, 1.54) is 0 Å². The fraction of sp³-hybridized carbons (Fsp3) is 0.750. The minimum Gasteiger partial charge on any atom is -0.476 e. The number of aliphatic carboxylic acids is 1. The lowest BCUT2D eigenvalue weighted by molar-refractivity contribution is -0.149. The molecule has 70 valence electrons. The lowest BCUT2D eigenvalue weighted by Gasteiger charge is -1.97. The molecule has 0 aliphatic heterocycles. The number of ketones is 1. The van der Waals surface area contributed by atoms with Crippen LogP contribution in [0.15, 0.2) is 0 Å². The average molecular weight is 174 g/mol. The summed E-state index contributed by atoms with van der Waals surface area (Å²) in [5, 5.41) is 8.21. The van der Waals surface area contributed by atoms with Gasteiger partial charge in [0.2, 0.25) is 5.78 Å². The summed E-state index contributed by atoms with van der Waals surface area (Å²) in [6.45, 7) is 0.668. The summed E-state index contributed by atoms with van der Waals surface area (Å²) in [5.74, 6) is -2.03.